The Morgan fingerprint density at radius 2 is 1.89 bits per heavy atom. The molecule has 0 bridgehead atoms. The molecule has 0 aliphatic heterocycles. The van der Waals surface area contributed by atoms with Crippen molar-refractivity contribution >= 4 is 0 Å². The first kappa shape index (κ1) is 12.9. The van der Waals surface area contributed by atoms with E-state index in [4.69, 9.17) is 0 Å². The van der Waals surface area contributed by atoms with Gasteiger partial charge in [0.15, 0.2) is 0 Å². The lowest BCUT2D eigenvalue weighted by Crippen LogP contribution is -2.57. The molecule has 1 N–H and O–H groups in total. The molecule has 2 aliphatic carbocycles. The van der Waals surface area contributed by atoms with Crippen LogP contribution in [-0.2, 0) is 5.60 Å². The van der Waals surface area contributed by atoms with Crippen LogP contribution in [-0.4, -0.2) is 5.11 Å². The van der Waals surface area contributed by atoms with Gasteiger partial charge < -0.3 is 5.11 Å². The van der Waals surface area contributed by atoms with Crippen molar-refractivity contribution in [1.29, 1.82) is 0 Å². The van der Waals surface area contributed by atoms with E-state index in [9.17, 15) is 5.11 Å². The van der Waals surface area contributed by atoms with Gasteiger partial charge in [-0.1, -0.05) is 48.9 Å². The van der Waals surface area contributed by atoms with Crippen LogP contribution in [0.15, 0.2) is 42.0 Å². The minimum atomic E-state index is -0.613. The number of hydrogen-bond acceptors (Lipinski definition) is 1. The van der Waals surface area contributed by atoms with Crippen molar-refractivity contribution in [2.24, 2.45) is 11.3 Å². The Bertz CT molecular complexity index is 490. The van der Waals surface area contributed by atoms with Gasteiger partial charge >= 0.3 is 0 Å². The van der Waals surface area contributed by atoms with E-state index in [0.717, 1.165) is 24.8 Å². The molecule has 1 fully saturated rings. The largest absolute Gasteiger partial charge is 0.385 e. The summed E-state index contributed by atoms with van der Waals surface area (Å²) in [6.45, 7) is 4.52. The molecular formula is C18H24O. The molecule has 0 radical (unpaired) electrons. The van der Waals surface area contributed by atoms with Crippen molar-refractivity contribution in [3.63, 3.8) is 0 Å². The van der Waals surface area contributed by atoms with E-state index in [0.29, 0.717) is 5.92 Å². The predicted octanol–water partition coefficient (Wildman–Crippen LogP) is 4.42. The highest BCUT2D eigenvalue weighted by atomic mass is 16.3. The maximum Gasteiger partial charge on any atom is 0.0952 e. The third kappa shape index (κ3) is 1.87. The molecule has 3 rings (SSSR count). The van der Waals surface area contributed by atoms with E-state index in [1.807, 2.05) is 18.2 Å². The first-order valence-corrected chi connectivity index (χ1v) is 7.50. The lowest BCUT2D eigenvalue weighted by atomic mass is 9.48. The third-order valence-electron chi connectivity index (χ3n) is 5.74. The van der Waals surface area contributed by atoms with E-state index in [1.54, 1.807) is 0 Å². The van der Waals surface area contributed by atoms with Crippen molar-refractivity contribution in [3.05, 3.63) is 47.5 Å². The molecule has 0 spiro atoms. The second kappa shape index (κ2) is 4.49. The fraction of sp³-hybridized carbons (Fsp3) is 0.556. The fourth-order valence-corrected chi connectivity index (χ4v) is 4.03. The second-order valence-corrected chi connectivity index (χ2v) is 6.67. The zero-order valence-electron chi connectivity index (χ0n) is 12.0. The van der Waals surface area contributed by atoms with Crippen LogP contribution in [0.1, 0.15) is 51.5 Å². The summed E-state index contributed by atoms with van der Waals surface area (Å²) in [5, 5.41) is 11.2. The summed E-state index contributed by atoms with van der Waals surface area (Å²) in [5.74, 6) is 0.621. The Hall–Kier alpha value is -1.08. The Balaban J connectivity index is 1.89. The standard InChI is InChI=1S/C18H24O/c1-14-8-10-15(11-9-14)17(2)12-13-18(17,19)16-6-4-3-5-7-16/h3-8,15,19H,9-13H2,1-2H3. The molecule has 0 heterocycles. The van der Waals surface area contributed by atoms with Crippen LogP contribution < -0.4 is 0 Å². The summed E-state index contributed by atoms with van der Waals surface area (Å²) < 4.78 is 0. The Kier molecular flexibility index (Phi) is 3.05. The van der Waals surface area contributed by atoms with Crippen LogP contribution in [0.4, 0.5) is 0 Å². The minimum Gasteiger partial charge on any atom is -0.385 e. The molecular weight excluding hydrogens is 232 g/mol. The molecule has 1 aromatic rings. The van der Waals surface area contributed by atoms with E-state index >= 15 is 0 Å². The van der Waals surface area contributed by atoms with Gasteiger partial charge in [-0.25, -0.2) is 0 Å². The van der Waals surface area contributed by atoms with Gasteiger partial charge in [-0.15, -0.1) is 0 Å². The number of rotatable bonds is 2. The van der Waals surface area contributed by atoms with Gasteiger partial charge in [0.05, 0.1) is 5.60 Å². The zero-order chi connectivity index (χ0) is 13.5. The molecule has 3 unspecified atom stereocenters. The highest BCUT2D eigenvalue weighted by Gasteiger charge is 2.59. The first-order valence-electron chi connectivity index (χ1n) is 7.50. The maximum atomic E-state index is 11.2. The van der Waals surface area contributed by atoms with Gasteiger partial charge in [0, 0.05) is 5.41 Å². The quantitative estimate of drug-likeness (QED) is 0.777. The Morgan fingerprint density at radius 1 is 1.16 bits per heavy atom. The number of aliphatic hydroxyl groups is 1. The summed E-state index contributed by atoms with van der Waals surface area (Å²) in [5.41, 5.74) is 2.06. The van der Waals surface area contributed by atoms with Gasteiger partial charge in [-0.3, -0.25) is 0 Å². The molecule has 1 heteroatoms. The molecule has 2 aliphatic rings. The van der Waals surface area contributed by atoms with Crippen molar-refractivity contribution in [1.82, 2.24) is 0 Å². The van der Waals surface area contributed by atoms with Gasteiger partial charge in [0.1, 0.15) is 0 Å². The Morgan fingerprint density at radius 3 is 2.42 bits per heavy atom. The molecule has 3 atom stereocenters. The minimum absolute atomic E-state index is 0.0472. The van der Waals surface area contributed by atoms with Crippen LogP contribution in [0.3, 0.4) is 0 Å². The lowest BCUT2D eigenvalue weighted by Gasteiger charge is -2.59. The van der Waals surface area contributed by atoms with Gasteiger partial charge in [0.2, 0.25) is 0 Å². The second-order valence-electron chi connectivity index (χ2n) is 6.67. The maximum absolute atomic E-state index is 11.2. The highest BCUT2D eigenvalue weighted by Crippen LogP contribution is 2.62. The molecule has 19 heavy (non-hydrogen) atoms. The van der Waals surface area contributed by atoms with Crippen LogP contribution >= 0.6 is 0 Å². The van der Waals surface area contributed by atoms with Crippen LogP contribution in [0.2, 0.25) is 0 Å². The molecule has 0 saturated heterocycles. The first-order chi connectivity index (χ1) is 9.06. The van der Waals surface area contributed by atoms with Crippen LogP contribution in [0.25, 0.3) is 0 Å². The number of hydrogen-bond donors (Lipinski definition) is 1. The molecule has 0 aromatic heterocycles. The molecule has 102 valence electrons. The SMILES string of the molecule is CC1=CCC(C2(C)CCC2(O)c2ccccc2)CC1. The van der Waals surface area contributed by atoms with E-state index in [1.165, 1.54) is 18.4 Å². The summed E-state index contributed by atoms with van der Waals surface area (Å²) in [6.07, 6.45) is 8.00. The van der Waals surface area contributed by atoms with Crippen LogP contribution in [0.5, 0.6) is 0 Å². The molecule has 0 amide bonds. The average Bonchev–Trinajstić information content (AvgIpc) is 2.46. The normalized spacial score (nSPS) is 38.5. The fourth-order valence-electron chi connectivity index (χ4n) is 4.03. The number of allylic oxidation sites excluding steroid dienone is 2. The lowest BCUT2D eigenvalue weighted by molar-refractivity contribution is -0.196. The topological polar surface area (TPSA) is 20.2 Å². The summed E-state index contributed by atoms with van der Waals surface area (Å²) in [4.78, 5) is 0. The van der Waals surface area contributed by atoms with Gasteiger partial charge in [-0.2, -0.15) is 0 Å². The van der Waals surface area contributed by atoms with Gasteiger partial charge in [0.25, 0.3) is 0 Å². The number of benzene rings is 1. The molecule has 1 aromatic carbocycles. The highest BCUT2D eigenvalue weighted by molar-refractivity contribution is 5.30. The summed E-state index contributed by atoms with van der Waals surface area (Å²) >= 11 is 0. The van der Waals surface area contributed by atoms with Crippen molar-refractivity contribution in [3.8, 4) is 0 Å². The van der Waals surface area contributed by atoms with Crippen molar-refractivity contribution in [2.45, 2.75) is 51.6 Å². The van der Waals surface area contributed by atoms with E-state index in [-0.39, 0.29) is 5.41 Å². The van der Waals surface area contributed by atoms with Crippen molar-refractivity contribution < 1.29 is 5.11 Å². The monoisotopic (exact) mass is 256 g/mol. The molecule has 1 saturated carbocycles. The summed E-state index contributed by atoms with van der Waals surface area (Å²) in [7, 11) is 0. The van der Waals surface area contributed by atoms with Crippen LogP contribution in [0, 0.1) is 11.3 Å². The van der Waals surface area contributed by atoms with Gasteiger partial charge in [-0.05, 0) is 50.5 Å². The smallest absolute Gasteiger partial charge is 0.0952 e. The average molecular weight is 256 g/mol. The Labute approximate surface area is 116 Å². The zero-order valence-corrected chi connectivity index (χ0v) is 12.0. The molecule has 1 nitrogen and oxygen atoms in total. The van der Waals surface area contributed by atoms with E-state index < -0.39 is 5.60 Å². The van der Waals surface area contributed by atoms with E-state index in [2.05, 4.69) is 32.1 Å². The summed E-state index contributed by atoms with van der Waals surface area (Å²) in [6, 6.07) is 10.3. The predicted molar refractivity (Wildman–Crippen MR) is 78.8 cm³/mol. The van der Waals surface area contributed by atoms with Crippen molar-refractivity contribution in [2.75, 3.05) is 0 Å². The third-order valence-corrected chi connectivity index (χ3v) is 5.74.